The molecule has 0 amide bonds. The maximum absolute atomic E-state index is 12.1. The summed E-state index contributed by atoms with van der Waals surface area (Å²) in [5.41, 5.74) is 1.26. The zero-order chi connectivity index (χ0) is 16.9. The van der Waals surface area contributed by atoms with E-state index in [4.69, 9.17) is 11.3 Å². The van der Waals surface area contributed by atoms with Gasteiger partial charge in [0.1, 0.15) is 17.2 Å². The average Bonchev–Trinajstić information content (AvgIpc) is 2.49. The predicted molar refractivity (Wildman–Crippen MR) is 78.7 cm³/mol. The van der Waals surface area contributed by atoms with Gasteiger partial charge in [-0.05, 0) is 49.0 Å². The third kappa shape index (κ3) is 4.90. The van der Waals surface area contributed by atoms with Crippen molar-refractivity contribution in [1.29, 1.82) is 0 Å². The highest BCUT2D eigenvalue weighted by Crippen LogP contribution is 2.31. The van der Waals surface area contributed by atoms with Crippen molar-refractivity contribution in [2.24, 2.45) is 0 Å². The monoisotopic (exact) mass is 322 g/mol. The van der Waals surface area contributed by atoms with Gasteiger partial charge in [-0.15, -0.1) is 13.2 Å². The van der Waals surface area contributed by atoms with Crippen molar-refractivity contribution in [2.45, 2.75) is 12.9 Å². The van der Waals surface area contributed by atoms with Crippen LogP contribution in [0.1, 0.15) is 5.56 Å². The average molecular weight is 322 g/mol. The van der Waals surface area contributed by atoms with E-state index < -0.39 is 6.36 Å². The van der Waals surface area contributed by atoms with Gasteiger partial charge in [0.25, 0.3) is 0 Å². The number of nitrogens with one attached hydrogen (secondary N) is 1. The number of halogens is 3. The van der Waals surface area contributed by atoms with Crippen LogP contribution in [0.4, 0.5) is 18.9 Å². The minimum Gasteiger partial charge on any atom is -0.457 e. The summed E-state index contributed by atoms with van der Waals surface area (Å²) in [7, 11) is 1.76. The molecule has 0 aliphatic carbocycles. The summed E-state index contributed by atoms with van der Waals surface area (Å²) in [5.74, 6) is 0.576. The summed E-state index contributed by atoms with van der Waals surface area (Å²) in [5, 5.41) is 2.97. The SMILES string of the molecule is [C-]#[N+]c1ccc(Oc2ccc(OC(F)(F)F)cc2)c(CNC)c1. The number of alkyl halides is 3. The molecule has 0 atom stereocenters. The highest BCUT2D eigenvalue weighted by molar-refractivity contribution is 5.53. The van der Waals surface area contributed by atoms with Crippen LogP contribution < -0.4 is 14.8 Å². The molecule has 0 heterocycles. The van der Waals surface area contributed by atoms with E-state index in [1.54, 1.807) is 25.2 Å². The van der Waals surface area contributed by atoms with E-state index in [2.05, 4.69) is 14.9 Å². The van der Waals surface area contributed by atoms with Gasteiger partial charge in [-0.2, -0.15) is 0 Å². The van der Waals surface area contributed by atoms with Crippen LogP contribution in [0.25, 0.3) is 4.85 Å². The van der Waals surface area contributed by atoms with Crippen LogP contribution in [0.2, 0.25) is 0 Å². The molecule has 0 saturated heterocycles. The first-order chi connectivity index (χ1) is 10.9. The van der Waals surface area contributed by atoms with Crippen molar-refractivity contribution in [3.05, 3.63) is 59.4 Å². The van der Waals surface area contributed by atoms with Crippen molar-refractivity contribution < 1.29 is 22.6 Å². The zero-order valence-corrected chi connectivity index (χ0v) is 12.1. The highest BCUT2D eigenvalue weighted by atomic mass is 19.4. The lowest BCUT2D eigenvalue weighted by molar-refractivity contribution is -0.274. The second kappa shape index (κ2) is 7.03. The van der Waals surface area contributed by atoms with Crippen molar-refractivity contribution in [3.63, 3.8) is 0 Å². The number of ether oxygens (including phenoxy) is 2. The summed E-state index contributed by atoms with van der Waals surface area (Å²) in [6.07, 6.45) is -4.72. The molecular formula is C16H13F3N2O2. The Balaban J connectivity index is 2.17. The number of hydrogen-bond donors (Lipinski definition) is 1. The molecule has 0 radical (unpaired) electrons. The summed E-state index contributed by atoms with van der Waals surface area (Å²) in [4.78, 5) is 3.35. The molecule has 0 spiro atoms. The van der Waals surface area contributed by atoms with E-state index >= 15 is 0 Å². The van der Waals surface area contributed by atoms with E-state index in [-0.39, 0.29) is 5.75 Å². The van der Waals surface area contributed by atoms with E-state index in [1.807, 2.05) is 0 Å². The molecule has 2 aromatic rings. The molecule has 2 aromatic carbocycles. The lowest BCUT2D eigenvalue weighted by Crippen LogP contribution is -2.16. The fourth-order valence-electron chi connectivity index (χ4n) is 1.90. The van der Waals surface area contributed by atoms with Gasteiger partial charge in [-0.3, -0.25) is 0 Å². The molecule has 0 aromatic heterocycles. The van der Waals surface area contributed by atoms with Gasteiger partial charge in [0.15, 0.2) is 5.69 Å². The smallest absolute Gasteiger partial charge is 0.457 e. The molecule has 4 nitrogen and oxygen atoms in total. The Hall–Kier alpha value is -2.72. The second-order valence-electron chi connectivity index (χ2n) is 4.56. The molecular weight excluding hydrogens is 309 g/mol. The minimum absolute atomic E-state index is 0.316. The molecule has 23 heavy (non-hydrogen) atoms. The Labute approximate surface area is 131 Å². The lowest BCUT2D eigenvalue weighted by Gasteiger charge is -2.13. The summed E-state index contributed by atoms with van der Waals surface area (Å²) < 4.78 is 45.8. The van der Waals surface area contributed by atoms with Crippen LogP contribution >= 0.6 is 0 Å². The van der Waals surface area contributed by atoms with Crippen LogP contribution in [0.5, 0.6) is 17.2 Å². The first kappa shape index (κ1) is 16.6. The van der Waals surface area contributed by atoms with Gasteiger partial charge in [0, 0.05) is 6.54 Å². The van der Waals surface area contributed by atoms with Crippen LogP contribution in [0, 0.1) is 6.57 Å². The van der Waals surface area contributed by atoms with E-state index in [1.165, 1.54) is 24.3 Å². The minimum atomic E-state index is -4.72. The number of rotatable bonds is 5. The third-order valence-electron chi connectivity index (χ3n) is 2.83. The van der Waals surface area contributed by atoms with Crippen molar-refractivity contribution in [2.75, 3.05) is 7.05 Å². The summed E-state index contributed by atoms with van der Waals surface area (Å²) in [6.45, 7) is 7.51. The van der Waals surface area contributed by atoms with E-state index in [0.29, 0.717) is 23.7 Å². The highest BCUT2D eigenvalue weighted by Gasteiger charge is 2.30. The fraction of sp³-hybridized carbons (Fsp3) is 0.188. The van der Waals surface area contributed by atoms with Gasteiger partial charge < -0.3 is 14.8 Å². The Morgan fingerprint density at radius 3 is 2.30 bits per heavy atom. The predicted octanol–water partition coefficient (Wildman–Crippen LogP) is 4.65. The van der Waals surface area contributed by atoms with Gasteiger partial charge in [-0.25, -0.2) is 4.85 Å². The van der Waals surface area contributed by atoms with Crippen LogP contribution in [0.3, 0.4) is 0 Å². The van der Waals surface area contributed by atoms with Gasteiger partial charge in [-0.1, -0.05) is 6.07 Å². The topological polar surface area (TPSA) is 34.9 Å². The van der Waals surface area contributed by atoms with Crippen LogP contribution in [0.15, 0.2) is 42.5 Å². The van der Waals surface area contributed by atoms with Gasteiger partial charge in [0.2, 0.25) is 0 Å². The largest absolute Gasteiger partial charge is 0.573 e. The van der Waals surface area contributed by atoms with Crippen LogP contribution in [-0.2, 0) is 6.54 Å². The summed E-state index contributed by atoms with van der Waals surface area (Å²) >= 11 is 0. The maximum Gasteiger partial charge on any atom is 0.573 e. The van der Waals surface area contributed by atoms with Gasteiger partial charge >= 0.3 is 6.36 Å². The molecule has 0 saturated carbocycles. The second-order valence-corrected chi connectivity index (χ2v) is 4.56. The molecule has 7 heteroatoms. The molecule has 2 rings (SSSR count). The van der Waals surface area contributed by atoms with Gasteiger partial charge in [0.05, 0.1) is 6.57 Å². The Bertz CT molecular complexity index is 707. The molecule has 0 unspecified atom stereocenters. The maximum atomic E-state index is 12.1. The molecule has 0 fully saturated rings. The van der Waals surface area contributed by atoms with Crippen LogP contribution in [-0.4, -0.2) is 13.4 Å². The third-order valence-corrected chi connectivity index (χ3v) is 2.83. The number of hydrogen-bond acceptors (Lipinski definition) is 3. The van der Waals surface area contributed by atoms with Crippen molar-refractivity contribution in [1.82, 2.24) is 5.32 Å². The van der Waals surface area contributed by atoms with E-state index in [0.717, 1.165) is 5.56 Å². The Morgan fingerprint density at radius 2 is 1.74 bits per heavy atom. The van der Waals surface area contributed by atoms with Crippen molar-refractivity contribution in [3.8, 4) is 17.2 Å². The molecule has 1 N–H and O–H groups in total. The lowest BCUT2D eigenvalue weighted by atomic mass is 10.1. The molecule has 0 aliphatic heterocycles. The quantitative estimate of drug-likeness (QED) is 0.814. The first-order valence-electron chi connectivity index (χ1n) is 6.60. The summed E-state index contributed by atoms with van der Waals surface area (Å²) in [6, 6.07) is 10.1. The number of benzene rings is 2. The molecule has 0 aliphatic rings. The fourth-order valence-corrected chi connectivity index (χ4v) is 1.90. The Kier molecular flexibility index (Phi) is 5.09. The molecule has 0 bridgehead atoms. The molecule has 120 valence electrons. The first-order valence-corrected chi connectivity index (χ1v) is 6.60. The Morgan fingerprint density at radius 1 is 1.09 bits per heavy atom. The zero-order valence-electron chi connectivity index (χ0n) is 12.1. The standard InChI is InChI=1S/C16H13F3N2O2/c1-20-10-11-9-12(21-2)3-8-15(11)22-13-4-6-14(7-5-13)23-16(17,18)19/h3-9,20H,10H2,1H3. The van der Waals surface area contributed by atoms with Crippen molar-refractivity contribution >= 4 is 5.69 Å². The normalized spacial score (nSPS) is 10.9. The van der Waals surface area contributed by atoms with E-state index in [9.17, 15) is 13.2 Å². The number of nitrogens with zero attached hydrogens (tertiary/aromatic N) is 1.